The first-order valence-electron chi connectivity index (χ1n) is 14.7. The van der Waals surface area contributed by atoms with E-state index in [-0.39, 0.29) is 59.1 Å². The van der Waals surface area contributed by atoms with E-state index >= 15 is 4.39 Å². The molecule has 3 unspecified atom stereocenters. The maximum absolute atomic E-state index is 16.7. The van der Waals surface area contributed by atoms with E-state index in [0.717, 1.165) is 19.4 Å². The van der Waals surface area contributed by atoms with Crippen molar-refractivity contribution in [2.45, 2.75) is 37.1 Å². The Kier molecular flexibility index (Phi) is 7.23. The number of terminal acetylenes is 1. The van der Waals surface area contributed by atoms with Crippen LogP contribution in [0.5, 0.6) is 11.8 Å². The SMILES string of the molecule is C#Cc1c(F)ccc2cc(O)cc(-c3ccc4c(N5CCOCC(O)C5)nc(OCC56CCCN5CC(F)C6)nc4c3F)c12. The molecule has 8 nitrogen and oxygen atoms in total. The topological polar surface area (TPSA) is 91.2 Å². The number of hydrogen-bond donors (Lipinski definition) is 2. The number of benzene rings is 3. The van der Waals surface area contributed by atoms with E-state index in [1.807, 2.05) is 0 Å². The van der Waals surface area contributed by atoms with Gasteiger partial charge in [-0.25, -0.2) is 13.2 Å². The second-order valence-corrected chi connectivity index (χ2v) is 11.8. The van der Waals surface area contributed by atoms with Crippen LogP contribution in [0.4, 0.5) is 19.0 Å². The van der Waals surface area contributed by atoms with Crippen LogP contribution in [0.15, 0.2) is 36.4 Å². The first-order chi connectivity index (χ1) is 21.3. The number of phenolic OH excluding ortho intramolecular Hbond substituents is 1. The van der Waals surface area contributed by atoms with Crippen LogP contribution in [0, 0.1) is 24.0 Å². The molecule has 228 valence electrons. The fourth-order valence-corrected chi connectivity index (χ4v) is 7.05. The van der Waals surface area contributed by atoms with Gasteiger partial charge in [0, 0.05) is 42.4 Å². The predicted octanol–water partition coefficient (Wildman–Crippen LogP) is 4.57. The summed E-state index contributed by atoms with van der Waals surface area (Å²) in [5, 5.41) is 22.1. The van der Waals surface area contributed by atoms with Crippen molar-refractivity contribution in [3.8, 4) is 35.2 Å². The van der Waals surface area contributed by atoms with Gasteiger partial charge in [-0.05, 0) is 54.6 Å². The van der Waals surface area contributed by atoms with E-state index in [1.165, 1.54) is 30.3 Å². The number of hydrogen-bond acceptors (Lipinski definition) is 8. The molecule has 3 aromatic carbocycles. The van der Waals surface area contributed by atoms with Gasteiger partial charge in [0.15, 0.2) is 5.82 Å². The lowest BCUT2D eigenvalue weighted by Crippen LogP contribution is -2.43. The van der Waals surface area contributed by atoms with Gasteiger partial charge in [0.05, 0.1) is 30.4 Å². The number of ether oxygens (including phenoxy) is 2. The third-order valence-electron chi connectivity index (χ3n) is 9.03. The summed E-state index contributed by atoms with van der Waals surface area (Å²) < 4.78 is 57.6. The molecule has 0 radical (unpaired) electrons. The van der Waals surface area contributed by atoms with Crippen LogP contribution in [0.25, 0.3) is 32.8 Å². The summed E-state index contributed by atoms with van der Waals surface area (Å²) in [5.74, 6) is 1.19. The van der Waals surface area contributed by atoms with Crippen LogP contribution < -0.4 is 9.64 Å². The summed E-state index contributed by atoms with van der Waals surface area (Å²) in [4.78, 5) is 13.1. The highest BCUT2D eigenvalue weighted by Gasteiger charge is 2.49. The van der Waals surface area contributed by atoms with Crippen molar-refractivity contribution in [2.24, 2.45) is 0 Å². The van der Waals surface area contributed by atoms with Crippen LogP contribution in [-0.2, 0) is 4.74 Å². The highest BCUT2D eigenvalue weighted by molar-refractivity contribution is 6.04. The molecular weight excluding hydrogens is 573 g/mol. The molecule has 2 N–H and O–H groups in total. The van der Waals surface area contributed by atoms with E-state index in [4.69, 9.17) is 15.9 Å². The fourth-order valence-electron chi connectivity index (χ4n) is 7.05. The summed E-state index contributed by atoms with van der Waals surface area (Å²) in [5.41, 5.74) is -0.333. The van der Waals surface area contributed by atoms with Gasteiger partial charge in [0.2, 0.25) is 0 Å². The van der Waals surface area contributed by atoms with Crippen LogP contribution in [0.3, 0.4) is 0 Å². The number of anilines is 1. The fraction of sp³-hybridized carbons (Fsp3) is 0.394. The lowest BCUT2D eigenvalue weighted by Gasteiger charge is -2.31. The second kappa shape index (κ2) is 11.1. The molecule has 0 aliphatic carbocycles. The number of nitrogens with zero attached hydrogens (tertiary/aromatic N) is 4. The number of aromatic hydroxyl groups is 1. The smallest absolute Gasteiger partial charge is 0.319 e. The molecule has 4 heterocycles. The Labute approximate surface area is 252 Å². The number of alkyl halides is 1. The number of rotatable bonds is 5. The number of aliphatic hydroxyl groups is 1. The van der Waals surface area contributed by atoms with Crippen molar-refractivity contribution in [1.29, 1.82) is 0 Å². The summed E-state index contributed by atoms with van der Waals surface area (Å²) in [7, 11) is 0. The minimum atomic E-state index is -0.944. The van der Waals surface area contributed by atoms with Crippen LogP contribution in [0.2, 0.25) is 0 Å². The lowest BCUT2D eigenvalue weighted by molar-refractivity contribution is 0.0597. The van der Waals surface area contributed by atoms with Crippen molar-refractivity contribution < 1.29 is 32.9 Å². The van der Waals surface area contributed by atoms with Crippen molar-refractivity contribution in [1.82, 2.24) is 14.9 Å². The molecule has 0 spiro atoms. The molecular formula is C33H31F3N4O4. The zero-order valence-corrected chi connectivity index (χ0v) is 23.9. The zero-order chi connectivity index (χ0) is 30.6. The zero-order valence-electron chi connectivity index (χ0n) is 23.9. The first-order valence-corrected chi connectivity index (χ1v) is 14.7. The predicted molar refractivity (Wildman–Crippen MR) is 160 cm³/mol. The number of aromatic nitrogens is 2. The van der Waals surface area contributed by atoms with E-state index < -0.39 is 29.4 Å². The van der Waals surface area contributed by atoms with Gasteiger partial charge in [0.25, 0.3) is 0 Å². The molecule has 3 aliphatic rings. The summed E-state index contributed by atoms with van der Waals surface area (Å²) >= 11 is 0. The number of halogens is 3. The minimum absolute atomic E-state index is 0.0481. The molecule has 11 heteroatoms. The van der Waals surface area contributed by atoms with Gasteiger partial charge in [0.1, 0.15) is 35.7 Å². The second-order valence-electron chi connectivity index (χ2n) is 11.8. The van der Waals surface area contributed by atoms with Crippen LogP contribution in [0.1, 0.15) is 24.8 Å². The molecule has 3 saturated heterocycles. The quantitative estimate of drug-likeness (QED) is 0.321. The van der Waals surface area contributed by atoms with Crippen molar-refractivity contribution >= 4 is 27.5 Å². The van der Waals surface area contributed by atoms with E-state index in [9.17, 15) is 19.0 Å². The molecule has 44 heavy (non-hydrogen) atoms. The Balaban J connectivity index is 1.38. The van der Waals surface area contributed by atoms with Gasteiger partial charge >= 0.3 is 6.01 Å². The van der Waals surface area contributed by atoms with E-state index in [0.29, 0.717) is 42.7 Å². The highest BCUT2D eigenvalue weighted by atomic mass is 19.1. The molecule has 0 amide bonds. The Hall–Kier alpha value is -4.11. The average Bonchev–Trinajstić information content (AvgIpc) is 3.43. The van der Waals surface area contributed by atoms with Crippen molar-refractivity contribution in [2.75, 3.05) is 50.9 Å². The van der Waals surface area contributed by atoms with Crippen molar-refractivity contribution in [3.05, 3.63) is 53.6 Å². The molecule has 1 aromatic heterocycles. The monoisotopic (exact) mass is 604 g/mol. The first kappa shape index (κ1) is 28.6. The summed E-state index contributed by atoms with van der Waals surface area (Å²) in [6.07, 6.45) is 5.98. The van der Waals surface area contributed by atoms with Crippen LogP contribution in [-0.4, -0.2) is 88.9 Å². The van der Waals surface area contributed by atoms with Gasteiger partial charge < -0.3 is 24.6 Å². The largest absolute Gasteiger partial charge is 0.508 e. The third kappa shape index (κ3) is 4.87. The van der Waals surface area contributed by atoms with Gasteiger partial charge in [-0.1, -0.05) is 18.1 Å². The number of aliphatic hydroxyl groups excluding tert-OH is 1. The Morgan fingerprint density at radius 3 is 2.82 bits per heavy atom. The third-order valence-corrected chi connectivity index (χ3v) is 9.03. The van der Waals surface area contributed by atoms with Crippen molar-refractivity contribution in [3.63, 3.8) is 0 Å². The number of β-amino-alcohol motifs (C(OH)–C–C–N with tert-alkyl or cyclic N) is 1. The number of phenols is 1. The maximum Gasteiger partial charge on any atom is 0.319 e. The van der Waals surface area contributed by atoms with Gasteiger partial charge in [-0.15, -0.1) is 6.42 Å². The minimum Gasteiger partial charge on any atom is -0.508 e. The van der Waals surface area contributed by atoms with Gasteiger partial charge in [-0.3, -0.25) is 4.90 Å². The molecule has 0 saturated carbocycles. The highest BCUT2D eigenvalue weighted by Crippen LogP contribution is 2.42. The number of fused-ring (bicyclic) bond motifs is 3. The molecule has 4 aromatic rings. The Bertz CT molecular complexity index is 1810. The standard InChI is InChI=1S/C33H31F3N4O4/c1-2-23-27(35)7-4-19-12-21(41)13-26(28(19)23)24-5-6-25-30(29(24)36)37-32(38-31(25)39-10-11-43-17-22(42)16-39)44-18-33-8-3-9-40(33)15-20(34)14-33/h1,4-7,12-13,20,22,41-42H,3,8-11,14-18H2. The summed E-state index contributed by atoms with van der Waals surface area (Å²) in [6.45, 7) is 2.35. The molecule has 3 fully saturated rings. The summed E-state index contributed by atoms with van der Waals surface area (Å²) in [6, 6.07) is 8.55. The molecule has 3 atom stereocenters. The normalized spacial score (nSPS) is 24.0. The maximum atomic E-state index is 16.7. The molecule has 0 bridgehead atoms. The van der Waals surface area contributed by atoms with Crippen LogP contribution >= 0.6 is 0 Å². The Morgan fingerprint density at radius 2 is 1.98 bits per heavy atom. The van der Waals surface area contributed by atoms with Gasteiger partial charge in [-0.2, -0.15) is 9.97 Å². The molecule has 7 rings (SSSR count). The van der Waals surface area contributed by atoms with E-state index in [1.54, 1.807) is 11.0 Å². The molecule has 3 aliphatic heterocycles. The van der Waals surface area contributed by atoms with E-state index in [2.05, 4.69) is 20.8 Å². The average molecular weight is 605 g/mol. The Morgan fingerprint density at radius 1 is 1.11 bits per heavy atom. The lowest BCUT2D eigenvalue weighted by atomic mass is 9.93.